The highest BCUT2D eigenvalue weighted by Crippen LogP contribution is 3.13. The van der Waals surface area contributed by atoms with Crippen molar-refractivity contribution in [1.82, 2.24) is 0 Å². The van der Waals surface area contributed by atoms with Gasteiger partial charge in [-0.1, -0.05) is 88.6 Å². The van der Waals surface area contributed by atoms with Crippen LogP contribution in [0.3, 0.4) is 0 Å². The lowest BCUT2D eigenvalue weighted by Gasteiger charge is -2.54. The molecule has 3 fully saturated rings. The van der Waals surface area contributed by atoms with E-state index in [2.05, 4.69) is 70.2 Å². The van der Waals surface area contributed by atoms with Crippen LogP contribution in [0.5, 0.6) is 0 Å². The highest BCUT2D eigenvalue weighted by Gasteiger charge is 3.09. The maximum atomic E-state index is 2.67. The standard InChI is InChI=1S/C26H32/c1-5-6-15-25-21-14-10-8-12-19(21)17(2)18-11-7-9-13-20(18)23(3)16-26(25)22(23)24(25,26)4/h7-11,13-14,17,19,22H,5-6,12,15-16H2,1-4H3/t17?,19?,22-,23+,24?,25?,26?/m0/s1. The molecule has 0 saturated heterocycles. The molecular weight excluding hydrogens is 312 g/mol. The molecule has 0 nitrogen and oxygen atoms in total. The Morgan fingerprint density at radius 3 is 2.69 bits per heavy atom. The smallest absolute Gasteiger partial charge is 0.00463 e. The molecule has 0 aliphatic heterocycles. The molecular formula is C26H32. The summed E-state index contributed by atoms with van der Waals surface area (Å²) in [7, 11) is 0. The van der Waals surface area contributed by atoms with Gasteiger partial charge in [0, 0.05) is 5.41 Å². The van der Waals surface area contributed by atoms with E-state index in [1.165, 1.54) is 32.1 Å². The highest BCUT2D eigenvalue weighted by atomic mass is 15.1. The molecule has 0 amide bonds. The zero-order valence-corrected chi connectivity index (χ0v) is 16.8. The van der Waals surface area contributed by atoms with Gasteiger partial charge in [-0.15, -0.1) is 0 Å². The summed E-state index contributed by atoms with van der Waals surface area (Å²) in [4.78, 5) is 0. The third kappa shape index (κ3) is 1.24. The molecule has 5 unspecified atom stereocenters. The minimum atomic E-state index is 0.427. The molecule has 8 rings (SSSR count). The maximum Gasteiger partial charge on any atom is 0.00463 e. The summed E-state index contributed by atoms with van der Waals surface area (Å²) >= 11 is 0. The van der Waals surface area contributed by atoms with Crippen LogP contribution in [0.4, 0.5) is 0 Å². The second-order valence-corrected chi connectivity index (χ2v) is 10.5. The average molecular weight is 345 g/mol. The quantitative estimate of drug-likeness (QED) is 0.567. The second kappa shape index (κ2) is 4.40. The number of rotatable bonds is 3. The number of unbranched alkanes of at least 4 members (excludes halogenated alkanes) is 1. The van der Waals surface area contributed by atoms with E-state index in [-0.39, 0.29) is 0 Å². The van der Waals surface area contributed by atoms with Crippen LogP contribution in [-0.4, -0.2) is 0 Å². The van der Waals surface area contributed by atoms with Crippen LogP contribution in [0.25, 0.3) is 0 Å². The van der Waals surface area contributed by atoms with Crippen LogP contribution < -0.4 is 0 Å². The number of hydrogen-bond donors (Lipinski definition) is 0. The van der Waals surface area contributed by atoms with Crippen LogP contribution in [-0.2, 0) is 5.41 Å². The van der Waals surface area contributed by atoms with Gasteiger partial charge in [0.25, 0.3) is 0 Å². The van der Waals surface area contributed by atoms with E-state index in [0.29, 0.717) is 33.5 Å². The molecule has 0 N–H and O–H groups in total. The zero-order chi connectivity index (χ0) is 17.9. The van der Waals surface area contributed by atoms with Crippen molar-refractivity contribution in [3.63, 3.8) is 0 Å². The molecule has 136 valence electrons. The van der Waals surface area contributed by atoms with Crippen molar-refractivity contribution < 1.29 is 0 Å². The molecule has 0 radical (unpaired) electrons. The number of benzene rings is 1. The van der Waals surface area contributed by atoms with E-state index in [9.17, 15) is 0 Å². The molecule has 3 saturated carbocycles. The van der Waals surface area contributed by atoms with Gasteiger partial charge in [0.05, 0.1) is 0 Å². The van der Waals surface area contributed by atoms with Gasteiger partial charge in [0.2, 0.25) is 0 Å². The van der Waals surface area contributed by atoms with Crippen molar-refractivity contribution in [2.24, 2.45) is 28.1 Å². The van der Waals surface area contributed by atoms with E-state index >= 15 is 0 Å². The van der Waals surface area contributed by atoms with Gasteiger partial charge in [-0.2, -0.15) is 0 Å². The van der Waals surface area contributed by atoms with Crippen molar-refractivity contribution in [1.29, 1.82) is 0 Å². The average Bonchev–Trinajstić information content (AvgIpc) is 3.34. The molecule has 7 aliphatic carbocycles. The van der Waals surface area contributed by atoms with Crippen molar-refractivity contribution in [3.8, 4) is 0 Å². The fourth-order valence-electron chi connectivity index (χ4n) is 9.30. The van der Waals surface area contributed by atoms with Crippen LogP contribution in [0, 0.1) is 28.1 Å². The third-order valence-corrected chi connectivity index (χ3v) is 10.1. The third-order valence-electron chi connectivity index (χ3n) is 10.1. The first-order chi connectivity index (χ1) is 12.5. The molecule has 7 aliphatic rings. The summed E-state index contributed by atoms with van der Waals surface area (Å²) in [6.45, 7) is 10.2. The summed E-state index contributed by atoms with van der Waals surface area (Å²) in [6, 6.07) is 9.49. The fraction of sp³-hybridized carbons (Fsp3) is 0.615. The minimum Gasteiger partial charge on any atom is -0.0839 e. The van der Waals surface area contributed by atoms with Gasteiger partial charge in [-0.3, -0.25) is 0 Å². The lowest BCUT2D eigenvalue weighted by Crippen LogP contribution is -2.50. The molecule has 0 heterocycles. The first kappa shape index (κ1) is 15.7. The van der Waals surface area contributed by atoms with E-state index in [4.69, 9.17) is 0 Å². The van der Waals surface area contributed by atoms with Crippen LogP contribution in [0.1, 0.15) is 76.8 Å². The second-order valence-electron chi connectivity index (χ2n) is 10.5. The first-order valence-corrected chi connectivity index (χ1v) is 11.0. The normalized spacial score (nSPS) is 51.5. The van der Waals surface area contributed by atoms with E-state index in [1.807, 2.05) is 5.57 Å². The Bertz CT molecular complexity index is 862. The summed E-state index contributed by atoms with van der Waals surface area (Å²) in [6.07, 6.45) is 14.2. The van der Waals surface area contributed by atoms with Gasteiger partial charge in [-0.05, 0) is 64.4 Å². The van der Waals surface area contributed by atoms with E-state index in [0.717, 1.165) is 5.92 Å². The summed E-state index contributed by atoms with van der Waals surface area (Å²) in [5.74, 6) is 2.27. The monoisotopic (exact) mass is 344 g/mol. The zero-order valence-electron chi connectivity index (χ0n) is 16.8. The Hall–Kier alpha value is -1.30. The van der Waals surface area contributed by atoms with Gasteiger partial charge in [0.1, 0.15) is 0 Å². The molecule has 1 aromatic carbocycles. The predicted molar refractivity (Wildman–Crippen MR) is 108 cm³/mol. The Kier molecular flexibility index (Phi) is 2.66. The predicted octanol–water partition coefficient (Wildman–Crippen LogP) is 6.78. The molecule has 4 bridgehead atoms. The molecule has 7 atom stereocenters. The number of hydrogen-bond acceptors (Lipinski definition) is 0. The van der Waals surface area contributed by atoms with Crippen LogP contribution in [0.15, 0.2) is 48.1 Å². The fourth-order valence-corrected chi connectivity index (χ4v) is 9.30. The summed E-state index contributed by atoms with van der Waals surface area (Å²) in [5.41, 5.74) is 7.38. The topological polar surface area (TPSA) is 0 Å². The van der Waals surface area contributed by atoms with Crippen LogP contribution >= 0.6 is 0 Å². The van der Waals surface area contributed by atoms with E-state index < -0.39 is 0 Å². The Balaban J connectivity index is 1.58. The van der Waals surface area contributed by atoms with E-state index in [1.54, 1.807) is 11.1 Å². The molecule has 0 aromatic heterocycles. The van der Waals surface area contributed by atoms with Crippen molar-refractivity contribution in [2.75, 3.05) is 0 Å². The molecule has 1 aromatic rings. The molecule has 26 heavy (non-hydrogen) atoms. The molecule has 1 spiro atoms. The van der Waals surface area contributed by atoms with Gasteiger partial charge < -0.3 is 0 Å². The van der Waals surface area contributed by atoms with Gasteiger partial charge >= 0.3 is 0 Å². The Morgan fingerprint density at radius 2 is 1.96 bits per heavy atom. The maximum absolute atomic E-state index is 2.67. The van der Waals surface area contributed by atoms with Crippen molar-refractivity contribution in [3.05, 3.63) is 59.2 Å². The highest BCUT2D eigenvalue weighted by molar-refractivity contribution is 5.67. The van der Waals surface area contributed by atoms with Crippen LogP contribution in [0.2, 0.25) is 0 Å². The Morgan fingerprint density at radius 1 is 1.15 bits per heavy atom. The SMILES string of the molecule is CCCCC12C3=CC=CCC3C(C)c3ccccc3[C@@]3(C)CC14[C@@H]3C24C. The number of allylic oxidation sites excluding steroid dienone is 4. The lowest BCUT2D eigenvalue weighted by atomic mass is 9.49. The van der Waals surface area contributed by atoms with Gasteiger partial charge in [-0.25, -0.2) is 0 Å². The Labute approximate surface area is 158 Å². The van der Waals surface area contributed by atoms with Crippen molar-refractivity contribution in [2.45, 2.75) is 71.1 Å². The molecule has 0 heteroatoms. The lowest BCUT2D eigenvalue weighted by molar-refractivity contribution is 0.0357. The first-order valence-electron chi connectivity index (χ1n) is 11.0. The van der Waals surface area contributed by atoms with Gasteiger partial charge in [0.15, 0.2) is 0 Å². The summed E-state index contributed by atoms with van der Waals surface area (Å²) < 4.78 is 0. The van der Waals surface area contributed by atoms with Crippen molar-refractivity contribution >= 4 is 0 Å². The largest absolute Gasteiger partial charge is 0.0839 e. The summed E-state index contributed by atoms with van der Waals surface area (Å²) in [5, 5.41) is 0. The minimum absolute atomic E-state index is 0.427.